The minimum atomic E-state index is -0.793. The van der Waals surface area contributed by atoms with Crippen molar-refractivity contribution < 1.29 is 24.2 Å². The lowest BCUT2D eigenvalue weighted by Gasteiger charge is -2.15. The van der Waals surface area contributed by atoms with E-state index in [9.17, 15) is 14.7 Å². The number of aliphatic hydroxyl groups excluding tert-OH is 1. The van der Waals surface area contributed by atoms with Gasteiger partial charge in [-0.1, -0.05) is 277 Å². The van der Waals surface area contributed by atoms with Crippen molar-refractivity contribution in [2.75, 3.05) is 13.2 Å². The Morgan fingerprint density at radius 1 is 0.319 bits per heavy atom. The summed E-state index contributed by atoms with van der Waals surface area (Å²) in [5, 5.41) is 9.66. The molecule has 1 unspecified atom stereocenters. The predicted octanol–water partition coefficient (Wildman–Crippen LogP) is 20.6. The third-order valence-electron chi connectivity index (χ3n) is 12.8. The van der Waals surface area contributed by atoms with Gasteiger partial charge in [-0.05, 0) is 103 Å². The first-order chi connectivity index (χ1) is 35.6. The van der Waals surface area contributed by atoms with Crippen LogP contribution < -0.4 is 0 Å². The van der Waals surface area contributed by atoms with E-state index >= 15 is 0 Å². The third-order valence-corrected chi connectivity index (χ3v) is 12.8. The Morgan fingerprint density at radius 3 is 0.833 bits per heavy atom. The van der Waals surface area contributed by atoms with Crippen LogP contribution in [-0.4, -0.2) is 36.4 Å². The van der Waals surface area contributed by atoms with Crippen LogP contribution in [0.25, 0.3) is 0 Å². The molecule has 0 radical (unpaired) electrons. The molecule has 0 rings (SSSR count). The molecule has 0 aromatic carbocycles. The summed E-state index contributed by atoms with van der Waals surface area (Å²) in [5.74, 6) is -0.618. The predicted molar refractivity (Wildman–Crippen MR) is 315 cm³/mol. The van der Waals surface area contributed by atoms with Crippen molar-refractivity contribution in [3.63, 3.8) is 0 Å². The number of allylic oxidation sites excluding steroid dienone is 20. The molecule has 0 saturated carbocycles. The smallest absolute Gasteiger partial charge is 0.306 e. The van der Waals surface area contributed by atoms with E-state index in [-0.39, 0.29) is 25.2 Å². The number of aliphatic hydroxyl groups is 1. The number of hydrogen-bond donors (Lipinski definition) is 1. The van der Waals surface area contributed by atoms with Crippen molar-refractivity contribution in [3.8, 4) is 0 Å². The van der Waals surface area contributed by atoms with Gasteiger partial charge in [-0.3, -0.25) is 9.59 Å². The van der Waals surface area contributed by atoms with Crippen molar-refractivity contribution in [1.82, 2.24) is 0 Å². The van der Waals surface area contributed by atoms with Gasteiger partial charge in [0.05, 0.1) is 6.61 Å². The van der Waals surface area contributed by atoms with E-state index in [0.717, 1.165) is 116 Å². The van der Waals surface area contributed by atoms with Crippen LogP contribution in [0.5, 0.6) is 0 Å². The van der Waals surface area contributed by atoms with Crippen LogP contribution >= 0.6 is 0 Å². The molecule has 0 amide bonds. The summed E-state index contributed by atoms with van der Waals surface area (Å²) in [6.45, 7) is 3.91. The highest BCUT2D eigenvalue weighted by Gasteiger charge is 2.16. The Morgan fingerprint density at radius 2 is 0.556 bits per heavy atom. The second kappa shape index (κ2) is 61.6. The Bertz CT molecular complexity index is 1450. The summed E-state index contributed by atoms with van der Waals surface area (Å²) in [6, 6.07) is 0. The van der Waals surface area contributed by atoms with Crippen LogP contribution in [0.4, 0.5) is 0 Å². The average molecular weight is 998 g/mol. The largest absolute Gasteiger partial charge is 0.462 e. The lowest BCUT2D eigenvalue weighted by molar-refractivity contribution is -0.161. The molecule has 0 aromatic rings. The molecule has 0 spiro atoms. The molecule has 5 nitrogen and oxygen atoms in total. The Hall–Kier alpha value is -3.70. The van der Waals surface area contributed by atoms with Crippen LogP contribution in [0.1, 0.15) is 271 Å². The molecule has 1 N–H and O–H groups in total. The zero-order valence-electron chi connectivity index (χ0n) is 46.9. The Kier molecular flexibility index (Phi) is 58.4. The average Bonchev–Trinajstić information content (AvgIpc) is 3.38. The maximum atomic E-state index is 12.3. The fourth-order valence-electron chi connectivity index (χ4n) is 8.32. The molecule has 5 heteroatoms. The van der Waals surface area contributed by atoms with E-state index in [4.69, 9.17) is 9.47 Å². The summed E-state index contributed by atoms with van der Waals surface area (Å²) >= 11 is 0. The quantitative estimate of drug-likeness (QED) is 0.0373. The summed E-state index contributed by atoms with van der Waals surface area (Å²) in [4.78, 5) is 24.5. The third kappa shape index (κ3) is 58.9. The number of hydrogen-bond acceptors (Lipinski definition) is 5. The Balaban J connectivity index is 3.50. The number of rotatable bonds is 54. The van der Waals surface area contributed by atoms with E-state index < -0.39 is 6.10 Å². The van der Waals surface area contributed by atoms with Gasteiger partial charge in [0.25, 0.3) is 0 Å². The van der Waals surface area contributed by atoms with Crippen molar-refractivity contribution in [2.24, 2.45) is 0 Å². The first kappa shape index (κ1) is 68.3. The molecule has 1 atom stereocenters. The highest BCUT2D eigenvalue weighted by Crippen LogP contribution is 2.16. The summed E-state index contributed by atoms with van der Waals surface area (Å²) in [6.07, 6.45) is 90.5. The van der Waals surface area contributed by atoms with Crippen molar-refractivity contribution in [1.29, 1.82) is 0 Å². The van der Waals surface area contributed by atoms with Crippen LogP contribution in [0.15, 0.2) is 122 Å². The lowest BCUT2D eigenvalue weighted by Crippen LogP contribution is -2.28. The fraction of sp³-hybridized carbons (Fsp3) is 0.672. The standard InChI is InChI=1S/C67H112O5/c1-3-5-7-9-11-13-15-17-19-21-23-25-27-28-29-30-31-32-33-34-35-36-37-38-40-41-43-45-47-49-51-53-55-57-59-61-66(69)71-64-65(63-68)72-67(70)62-60-58-56-54-52-50-48-46-44-42-39-26-24-22-20-18-16-14-12-10-8-6-4-2/h5-8,11-14,17-20,23-26,42,44,48,50,65,68H,3-4,9-10,15-16,21-22,27-41,43,45-47,49,51-64H2,1-2H3/b7-5-,8-6-,13-11-,14-12-,19-17-,20-18-,25-23-,26-24-,44-42-,50-48-. The van der Waals surface area contributed by atoms with Gasteiger partial charge in [-0.2, -0.15) is 0 Å². The van der Waals surface area contributed by atoms with Gasteiger partial charge < -0.3 is 14.6 Å². The van der Waals surface area contributed by atoms with Gasteiger partial charge in [0, 0.05) is 12.8 Å². The van der Waals surface area contributed by atoms with Gasteiger partial charge in [0.2, 0.25) is 0 Å². The Labute approximate surface area is 445 Å². The zero-order chi connectivity index (χ0) is 52.0. The molecule has 0 bridgehead atoms. The van der Waals surface area contributed by atoms with E-state index in [1.807, 2.05) is 0 Å². The van der Waals surface area contributed by atoms with E-state index in [1.54, 1.807) is 0 Å². The van der Waals surface area contributed by atoms with Gasteiger partial charge >= 0.3 is 11.9 Å². The molecule has 0 aliphatic rings. The number of ether oxygens (including phenoxy) is 2. The molecule has 0 heterocycles. The van der Waals surface area contributed by atoms with Crippen molar-refractivity contribution >= 4 is 11.9 Å². The first-order valence-electron chi connectivity index (χ1n) is 30.1. The number of esters is 2. The molecule has 410 valence electrons. The molecule has 0 aromatic heterocycles. The lowest BCUT2D eigenvalue weighted by atomic mass is 10.0. The van der Waals surface area contributed by atoms with Gasteiger partial charge in [-0.15, -0.1) is 0 Å². The minimum absolute atomic E-state index is 0.0805. The topological polar surface area (TPSA) is 72.8 Å². The second-order valence-corrected chi connectivity index (χ2v) is 19.7. The van der Waals surface area contributed by atoms with Gasteiger partial charge in [0.1, 0.15) is 6.61 Å². The normalized spacial score (nSPS) is 13.1. The molecular weight excluding hydrogens is 885 g/mol. The van der Waals surface area contributed by atoms with Crippen LogP contribution in [0, 0.1) is 0 Å². The van der Waals surface area contributed by atoms with E-state index in [2.05, 4.69) is 135 Å². The number of unbranched alkanes of at least 4 members (excludes halogenated alkanes) is 26. The SMILES string of the molecule is CC/C=C\C/C=C\C/C=C\C/C=C\C/C=C\C/C=C\CCCCCCC(=O)OC(CO)COC(=O)CCCCCCCCCCCCCCCCCCCCCCCC/C=C\C/C=C\C/C=C\C/C=C\CC. The van der Waals surface area contributed by atoms with Crippen molar-refractivity contribution in [3.05, 3.63) is 122 Å². The van der Waals surface area contributed by atoms with Crippen LogP contribution in [-0.2, 0) is 19.1 Å². The maximum absolute atomic E-state index is 12.3. The van der Waals surface area contributed by atoms with E-state index in [0.29, 0.717) is 12.8 Å². The molecule has 0 aliphatic carbocycles. The first-order valence-corrected chi connectivity index (χ1v) is 30.1. The monoisotopic (exact) mass is 997 g/mol. The highest BCUT2D eigenvalue weighted by atomic mass is 16.6. The minimum Gasteiger partial charge on any atom is -0.462 e. The second-order valence-electron chi connectivity index (χ2n) is 19.7. The molecule has 72 heavy (non-hydrogen) atoms. The molecular formula is C67H112O5. The zero-order valence-corrected chi connectivity index (χ0v) is 46.9. The molecule has 0 saturated heterocycles. The maximum Gasteiger partial charge on any atom is 0.306 e. The highest BCUT2D eigenvalue weighted by molar-refractivity contribution is 5.70. The summed E-state index contributed by atoms with van der Waals surface area (Å²) < 4.78 is 10.7. The van der Waals surface area contributed by atoms with Crippen LogP contribution in [0.3, 0.4) is 0 Å². The fourth-order valence-corrected chi connectivity index (χ4v) is 8.32. The van der Waals surface area contributed by atoms with Crippen LogP contribution in [0.2, 0.25) is 0 Å². The van der Waals surface area contributed by atoms with Gasteiger partial charge in [0.15, 0.2) is 6.10 Å². The molecule has 0 aliphatic heterocycles. The van der Waals surface area contributed by atoms with Gasteiger partial charge in [-0.25, -0.2) is 0 Å². The van der Waals surface area contributed by atoms with E-state index in [1.165, 1.54) is 128 Å². The van der Waals surface area contributed by atoms with Crippen molar-refractivity contribution in [2.45, 2.75) is 277 Å². The molecule has 0 fully saturated rings. The number of carbonyl (C=O) groups excluding carboxylic acids is 2. The number of carbonyl (C=O) groups is 2. The summed E-state index contributed by atoms with van der Waals surface area (Å²) in [5.41, 5.74) is 0. The summed E-state index contributed by atoms with van der Waals surface area (Å²) in [7, 11) is 0.